The molecule has 1 unspecified atom stereocenters. The molecule has 1 saturated carbocycles. The van der Waals surface area contributed by atoms with Gasteiger partial charge in [0.2, 0.25) is 5.95 Å². The molecule has 1 N–H and O–H groups in total. The van der Waals surface area contributed by atoms with Crippen LogP contribution in [-0.2, 0) is 0 Å². The van der Waals surface area contributed by atoms with Crippen molar-refractivity contribution in [2.24, 2.45) is 0 Å². The van der Waals surface area contributed by atoms with E-state index in [1.54, 1.807) is 0 Å². The van der Waals surface area contributed by atoms with E-state index < -0.39 is 0 Å². The Bertz CT molecular complexity index is 302. The highest BCUT2D eigenvalue weighted by Crippen LogP contribution is 2.26. The average Bonchev–Trinajstić information content (AvgIpc) is 2.91. The molecule has 1 atom stereocenters. The topological polar surface area (TPSA) is 29.9 Å². The lowest BCUT2D eigenvalue weighted by Crippen LogP contribution is -2.12. The zero-order valence-electron chi connectivity index (χ0n) is 9.74. The summed E-state index contributed by atoms with van der Waals surface area (Å²) in [5.41, 5.74) is 0. The molecule has 1 fully saturated rings. The molecular weight excluding hydrogens is 186 g/mol. The van der Waals surface area contributed by atoms with Crippen molar-refractivity contribution < 1.29 is 0 Å². The van der Waals surface area contributed by atoms with E-state index in [-0.39, 0.29) is 0 Å². The first-order valence-corrected chi connectivity index (χ1v) is 6.10. The van der Waals surface area contributed by atoms with Crippen molar-refractivity contribution in [3.63, 3.8) is 0 Å². The smallest absolute Gasteiger partial charge is 0.203 e. The van der Waals surface area contributed by atoms with Crippen LogP contribution in [0.2, 0.25) is 0 Å². The number of hydrogen-bond donors (Lipinski definition) is 1. The van der Waals surface area contributed by atoms with Crippen LogP contribution in [0.3, 0.4) is 0 Å². The number of aromatic nitrogens is 2. The zero-order valence-corrected chi connectivity index (χ0v) is 9.74. The number of nitrogens with zero attached hydrogens (tertiary/aromatic N) is 2. The Hall–Kier alpha value is -0.990. The summed E-state index contributed by atoms with van der Waals surface area (Å²) >= 11 is 0. The average molecular weight is 207 g/mol. The van der Waals surface area contributed by atoms with Crippen LogP contribution in [0.5, 0.6) is 0 Å². The van der Waals surface area contributed by atoms with Crippen LogP contribution in [0.25, 0.3) is 0 Å². The summed E-state index contributed by atoms with van der Waals surface area (Å²) in [7, 11) is 0. The largest absolute Gasteiger partial charge is 0.353 e. The van der Waals surface area contributed by atoms with Gasteiger partial charge < -0.3 is 9.88 Å². The first-order chi connectivity index (χ1) is 7.31. The predicted octanol–water partition coefficient (Wildman–Crippen LogP) is 3.21. The van der Waals surface area contributed by atoms with Crippen molar-refractivity contribution in [3.8, 4) is 0 Å². The molecule has 1 aliphatic carbocycles. The van der Waals surface area contributed by atoms with Gasteiger partial charge in [-0.2, -0.15) is 0 Å². The van der Waals surface area contributed by atoms with E-state index in [0.29, 0.717) is 12.1 Å². The molecule has 1 aromatic heterocycles. The van der Waals surface area contributed by atoms with Crippen molar-refractivity contribution in [3.05, 3.63) is 12.4 Å². The Morgan fingerprint density at radius 2 is 2.40 bits per heavy atom. The summed E-state index contributed by atoms with van der Waals surface area (Å²) in [6.07, 6.45) is 10.4. The molecule has 1 aliphatic rings. The van der Waals surface area contributed by atoms with E-state index in [2.05, 4.69) is 34.9 Å². The Balaban J connectivity index is 1.95. The summed E-state index contributed by atoms with van der Waals surface area (Å²) < 4.78 is 2.27. The van der Waals surface area contributed by atoms with Gasteiger partial charge in [-0.15, -0.1) is 0 Å². The summed E-state index contributed by atoms with van der Waals surface area (Å²) in [5, 5.41) is 3.47. The summed E-state index contributed by atoms with van der Waals surface area (Å²) in [4.78, 5) is 4.38. The van der Waals surface area contributed by atoms with E-state index in [1.165, 1.54) is 32.1 Å². The van der Waals surface area contributed by atoms with Crippen LogP contribution in [0.1, 0.15) is 52.0 Å². The van der Waals surface area contributed by atoms with E-state index >= 15 is 0 Å². The van der Waals surface area contributed by atoms with E-state index in [4.69, 9.17) is 0 Å². The van der Waals surface area contributed by atoms with Crippen LogP contribution in [0.15, 0.2) is 12.4 Å². The fourth-order valence-corrected chi connectivity index (χ4v) is 1.83. The highest BCUT2D eigenvalue weighted by atomic mass is 15.2. The number of anilines is 1. The minimum Gasteiger partial charge on any atom is -0.353 e. The monoisotopic (exact) mass is 207 g/mol. The van der Waals surface area contributed by atoms with Gasteiger partial charge in [-0.1, -0.05) is 19.8 Å². The molecule has 0 radical (unpaired) electrons. The van der Waals surface area contributed by atoms with Gasteiger partial charge in [0, 0.05) is 24.5 Å². The van der Waals surface area contributed by atoms with E-state index in [9.17, 15) is 0 Å². The lowest BCUT2D eigenvalue weighted by molar-refractivity contribution is 0.489. The third-order valence-corrected chi connectivity index (χ3v) is 3.03. The molecule has 0 amide bonds. The second-order valence-electron chi connectivity index (χ2n) is 4.57. The van der Waals surface area contributed by atoms with Gasteiger partial charge in [0.1, 0.15) is 0 Å². The standard InChI is InChI=1S/C12H21N3/c1-3-4-5-10(2)15-9-8-13-12(15)14-11-6-7-11/h8-11H,3-7H2,1-2H3,(H,13,14). The fourth-order valence-electron chi connectivity index (χ4n) is 1.83. The van der Waals surface area contributed by atoms with E-state index in [0.717, 1.165) is 5.95 Å². The third kappa shape index (κ3) is 2.74. The van der Waals surface area contributed by atoms with Gasteiger partial charge in [-0.25, -0.2) is 4.98 Å². The van der Waals surface area contributed by atoms with Crippen LogP contribution in [-0.4, -0.2) is 15.6 Å². The number of hydrogen-bond acceptors (Lipinski definition) is 2. The summed E-state index contributed by atoms with van der Waals surface area (Å²) in [6.45, 7) is 4.51. The highest BCUT2D eigenvalue weighted by Gasteiger charge is 2.23. The molecule has 3 nitrogen and oxygen atoms in total. The molecule has 3 heteroatoms. The van der Waals surface area contributed by atoms with Gasteiger partial charge in [0.05, 0.1) is 0 Å². The van der Waals surface area contributed by atoms with Crippen molar-refractivity contribution in [2.45, 2.75) is 58.0 Å². The zero-order chi connectivity index (χ0) is 10.7. The van der Waals surface area contributed by atoms with Gasteiger partial charge in [-0.3, -0.25) is 0 Å². The molecule has 0 bridgehead atoms. The maximum atomic E-state index is 4.38. The van der Waals surface area contributed by atoms with Gasteiger partial charge in [0.15, 0.2) is 0 Å². The second kappa shape index (κ2) is 4.69. The molecule has 2 rings (SSSR count). The molecule has 0 spiro atoms. The molecule has 0 saturated heterocycles. The van der Waals surface area contributed by atoms with Crippen molar-refractivity contribution in [1.29, 1.82) is 0 Å². The summed E-state index contributed by atoms with van der Waals surface area (Å²) in [5.74, 6) is 1.06. The molecule has 1 aromatic rings. The molecular formula is C12H21N3. The lowest BCUT2D eigenvalue weighted by Gasteiger charge is -2.16. The number of unbranched alkanes of at least 4 members (excludes halogenated alkanes) is 1. The SMILES string of the molecule is CCCCC(C)n1ccnc1NC1CC1. The van der Waals surface area contributed by atoms with E-state index in [1.807, 2.05) is 6.20 Å². The van der Waals surface area contributed by atoms with Crippen LogP contribution in [0, 0.1) is 0 Å². The Morgan fingerprint density at radius 3 is 3.07 bits per heavy atom. The third-order valence-electron chi connectivity index (χ3n) is 3.03. The van der Waals surface area contributed by atoms with Crippen molar-refractivity contribution in [2.75, 3.05) is 5.32 Å². The van der Waals surface area contributed by atoms with Gasteiger partial charge in [0.25, 0.3) is 0 Å². The normalized spacial score (nSPS) is 17.7. The quantitative estimate of drug-likeness (QED) is 0.776. The Kier molecular flexibility index (Phi) is 3.29. The second-order valence-corrected chi connectivity index (χ2v) is 4.57. The lowest BCUT2D eigenvalue weighted by atomic mass is 10.1. The first kappa shape index (κ1) is 10.5. The number of nitrogens with one attached hydrogen (secondary N) is 1. The van der Waals surface area contributed by atoms with Gasteiger partial charge >= 0.3 is 0 Å². The molecule has 84 valence electrons. The Labute approximate surface area is 91.9 Å². The Morgan fingerprint density at radius 1 is 1.60 bits per heavy atom. The molecule has 0 aromatic carbocycles. The van der Waals surface area contributed by atoms with Crippen LogP contribution < -0.4 is 5.32 Å². The number of imidazole rings is 1. The molecule has 0 aliphatic heterocycles. The minimum absolute atomic E-state index is 0.564. The minimum atomic E-state index is 0.564. The molecule has 15 heavy (non-hydrogen) atoms. The van der Waals surface area contributed by atoms with Crippen LogP contribution >= 0.6 is 0 Å². The molecule has 1 heterocycles. The first-order valence-electron chi connectivity index (χ1n) is 6.10. The van der Waals surface area contributed by atoms with Crippen molar-refractivity contribution in [1.82, 2.24) is 9.55 Å². The number of rotatable bonds is 6. The van der Waals surface area contributed by atoms with Crippen LogP contribution in [0.4, 0.5) is 5.95 Å². The van der Waals surface area contributed by atoms with Gasteiger partial charge in [-0.05, 0) is 26.2 Å². The maximum Gasteiger partial charge on any atom is 0.203 e. The van der Waals surface area contributed by atoms with Crippen molar-refractivity contribution >= 4 is 5.95 Å². The fraction of sp³-hybridized carbons (Fsp3) is 0.750. The summed E-state index contributed by atoms with van der Waals surface area (Å²) in [6, 6.07) is 1.25. The predicted molar refractivity (Wildman–Crippen MR) is 63.1 cm³/mol. The highest BCUT2D eigenvalue weighted by molar-refractivity contribution is 5.30. The maximum absolute atomic E-state index is 4.38.